The summed E-state index contributed by atoms with van der Waals surface area (Å²) in [6, 6.07) is 11.5. The standard InChI is InChI=1S/C23H22BrN3O2/c1-13-6-3-4-7-16(13)21-20(23(29)27-19-11-10-15(24)12-25-19)14(2)26-17-8-5-9-18(28)22(17)21/h3-4,6-7,10-12,21,26H,5,8-9H2,1-2H3,(H,25,27,29)/t21-/m0/s1. The minimum absolute atomic E-state index is 0.117. The van der Waals surface area contributed by atoms with E-state index in [0.717, 1.165) is 45.4 Å². The van der Waals surface area contributed by atoms with E-state index in [9.17, 15) is 9.59 Å². The molecule has 0 saturated heterocycles. The second-order valence-electron chi connectivity index (χ2n) is 7.44. The molecular formula is C23H22BrN3O2. The number of Topliss-reactive ketones (excluding diaryl/α,β-unsaturated/α-hetero) is 1. The zero-order valence-electron chi connectivity index (χ0n) is 16.4. The number of allylic oxidation sites excluding steroid dienone is 3. The van der Waals surface area contributed by atoms with Crippen LogP contribution in [0.25, 0.3) is 0 Å². The van der Waals surface area contributed by atoms with E-state index in [1.54, 1.807) is 12.3 Å². The molecule has 1 aromatic heterocycles. The molecular weight excluding hydrogens is 430 g/mol. The summed E-state index contributed by atoms with van der Waals surface area (Å²) in [6.07, 6.45) is 3.82. The number of amides is 1. The third-order valence-corrected chi connectivity index (χ3v) is 5.96. The predicted molar refractivity (Wildman–Crippen MR) is 116 cm³/mol. The number of aromatic nitrogens is 1. The van der Waals surface area contributed by atoms with Crippen molar-refractivity contribution in [1.29, 1.82) is 0 Å². The molecule has 1 aliphatic carbocycles. The van der Waals surface area contributed by atoms with Gasteiger partial charge >= 0.3 is 0 Å². The van der Waals surface area contributed by atoms with Crippen molar-refractivity contribution in [3.63, 3.8) is 0 Å². The highest BCUT2D eigenvalue weighted by molar-refractivity contribution is 9.10. The first kappa shape index (κ1) is 19.6. The van der Waals surface area contributed by atoms with Crippen LogP contribution >= 0.6 is 15.9 Å². The van der Waals surface area contributed by atoms with Crippen molar-refractivity contribution in [2.75, 3.05) is 5.32 Å². The van der Waals surface area contributed by atoms with Gasteiger partial charge in [0.1, 0.15) is 5.82 Å². The number of rotatable bonds is 3. The SMILES string of the molecule is CC1=C(C(=O)Nc2ccc(Br)cn2)[C@H](c2ccccc2C)C2=C(CCCC2=O)N1. The lowest BCUT2D eigenvalue weighted by Crippen LogP contribution is -2.35. The Morgan fingerprint density at radius 2 is 1.97 bits per heavy atom. The van der Waals surface area contributed by atoms with Crippen molar-refractivity contribution in [3.8, 4) is 0 Å². The molecule has 0 saturated carbocycles. The molecule has 148 valence electrons. The highest BCUT2D eigenvalue weighted by Gasteiger charge is 2.38. The molecule has 5 nitrogen and oxygen atoms in total. The van der Waals surface area contributed by atoms with Gasteiger partial charge < -0.3 is 10.6 Å². The van der Waals surface area contributed by atoms with E-state index < -0.39 is 0 Å². The number of carbonyl (C=O) groups is 2. The molecule has 1 aliphatic heterocycles. The Hall–Kier alpha value is -2.73. The molecule has 1 aromatic carbocycles. The molecule has 6 heteroatoms. The fourth-order valence-electron chi connectivity index (χ4n) is 4.14. The monoisotopic (exact) mass is 451 g/mol. The highest BCUT2D eigenvalue weighted by atomic mass is 79.9. The van der Waals surface area contributed by atoms with Crippen LogP contribution < -0.4 is 10.6 Å². The van der Waals surface area contributed by atoms with Crippen molar-refractivity contribution < 1.29 is 9.59 Å². The number of carbonyl (C=O) groups excluding carboxylic acids is 2. The molecule has 1 atom stereocenters. The number of aryl methyl sites for hydroxylation is 1. The lowest BCUT2D eigenvalue weighted by atomic mass is 9.74. The van der Waals surface area contributed by atoms with Crippen LogP contribution in [0, 0.1) is 6.92 Å². The maximum Gasteiger partial charge on any atom is 0.255 e. The number of hydrogen-bond donors (Lipinski definition) is 2. The number of anilines is 1. The molecule has 1 amide bonds. The average Bonchev–Trinajstić information content (AvgIpc) is 2.69. The van der Waals surface area contributed by atoms with Gasteiger partial charge in [0, 0.05) is 45.5 Å². The fourth-order valence-corrected chi connectivity index (χ4v) is 4.37. The summed E-state index contributed by atoms with van der Waals surface area (Å²) in [6.45, 7) is 3.92. The topological polar surface area (TPSA) is 71.1 Å². The van der Waals surface area contributed by atoms with E-state index in [0.29, 0.717) is 17.8 Å². The van der Waals surface area contributed by atoms with Crippen molar-refractivity contribution in [3.05, 3.63) is 80.7 Å². The van der Waals surface area contributed by atoms with Crippen molar-refractivity contribution in [1.82, 2.24) is 10.3 Å². The van der Waals surface area contributed by atoms with Gasteiger partial charge in [-0.2, -0.15) is 0 Å². The third-order valence-electron chi connectivity index (χ3n) is 5.49. The van der Waals surface area contributed by atoms with Gasteiger partial charge in [0.2, 0.25) is 0 Å². The molecule has 2 heterocycles. The number of benzene rings is 1. The Morgan fingerprint density at radius 1 is 1.17 bits per heavy atom. The van der Waals surface area contributed by atoms with E-state index in [2.05, 4.69) is 31.5 Å². The summed E-state index contributed by atoms with van der Waals surface area (Å²) in [5.41, 5.74) is 5.07. The third kappa shape index (κ3) is 3.77. The summed E-state index contributed by atoms with van der Waals surface area (Å²) in [4.78, 5) is 30.5. The average molecular weight is 452 g/mol. The first-order valence-corrected chi connectivity index (χ1v) is 10.5. The first-order valence-electron chi connectivity index (χ1n) is 9.68. The second kappa shape index (κ2) is 7.95. The molecule has 0 unspecified atom stereocenters. The highest BCUT2D eigenvalue weighted by Crippen LogP contribution is 2.43. The predicted octanol–water partition coefficient (Wildman–Crippen LogP) is 4.76. The largest absolute Gasteiger partial charge is 0.362 e. The van der Waals surface area contributed by atoms with Crippen LogP contribution in [0.15, 0.2) is 69.6 Å². The number of ketones is 1. The summed E-state index contributed by atoms with van der Waals surface area (Å²) < 4.78 is 0.839. The van der Waals surface area contributed by atoms with Gasteiger partial charge in [-0.1, -0.05) is 24.3 Å². The fraction of sp³-hybridized carbons (Fsp3) is 0.261. The molecule has 0 fully saturated rings. The minimum atomic E-state index is -0.379. The molecule has 0 radical (unpaired) electrons. The lowest BCUT2D eigenvalue weighted by Gasteiger charge is -2.35. The van der Waals surface area contributed by atoms with Crippen LogP contribution in [0.4, 0.5) is 5.82 Å². The Bertz CT molecular complexity index is 1050. The summed E-state index contributed by atoms with van der Waals surface area (Å²) in [7, 11) is 0. The Labute approximate surface area is 178 Å². The van der Waals surface area contributed by atoms with E-state index in [1.165, 1.54) is 0 Å². The molecule has 0 bridgehead atoms. The summed E-state index contributed by atoms with van der Waals surface area (Å²) in [5, 5.41) is 6.24. The molecule has 2 aromatic rings. The normalized spacial score (nSPS) is 19.0. The van der Waals surface area contributed by atoms with Gasteiger partial charge in [0.05, 0.1) is 0 Å². The van der Waals surface area contributed by atoms with Gasteiger partial charge in [0.15, 0.2) is 5.78 Å². The van der Waals surface area contributed by atoms with Crippen molar-refractivity contribution >= 4 is 33.4 Å². The van der Waals surface area contributed by atoms with Gasteiger partial charge in [-0.15, -0.1) is 0 Å². The number of dihydropyridines is 1. The van der Waals surface area contributed by atoms with E-state index >= 15 is 0 Å². The van der Waals surface area contributed by atoms with Crippen LogP contribution in [0.1, 0.15) is 43.2 Å². The maximum atomic E-state index is 13.3. The van der Waals surface area contributed by atoms with E-state index in [-0.39, 0.29) is 17.6 Å². The number of hydrogen-bond acceptors (Lipinski definition) is 4. The zero-order chi connectivity index (χ0) is 20.5. The first-order chi connectivity index (χ1) is 14.0. The Kier molecular flexibility index (Phi) is 5.37. The zero-order valence-corrected chi connectivity index (χ0v) is 18.0. The number of halogens is 1. The van der Waals surface area contributed by atoms with Crippen LogP contribution in [-0.4, -0.2) is 16.7 Å². The Morgan fingerprint density at radius 3 is 2.69 bits per heavy atom. The minimum Gasteiger partial charge on any atom is -0.362 e. The summed E-state index contributed by atoms with van der Waals surface area (Å²) >= 11 is 3.35. The van der Waals surface area contributed by atoms with Gasteiger partial charge in [0.25, 0.3) is 5.91 Å². The van der Waals surface area contributed by atoms with E-state index in [1.807, 2.05) is 44.2 Å². The Balaban J connectivity index is 1.80. The number of nitrogens with zero attached hydrogens (tertiary/aromatic N) is 1. The molecule has 29 heavy (non-hydrogen) atoms. The van der Waals surface area contributed by atoms with Crippen LogP contribution in [0.3, 0.4) is 0 Å². The van der Waals surface area contributed by atoms with Gasteiger partial charge in [-0.25, -0.2) is 4.98 Å². The molecule has 2 aliphatic rings. The summed E-state index contributed by atoms with van der Waals surface area (Å²) in [5.74, 6) is -0.0398. The molecule has 4 rings (SSSR count). The molecule has 2 N–H and O–H groups in total. The van der Waals surface area contributed by atoms with Crippen LogP contribution in [0.2, 0.25) is 0 Å². The van der Waals surface area contributed by atoms with Crippen molar-refractivity contribution in [2.45, 2.75) is 39.0 Å². The number of pyridine rings is 1. The molecule has 0 spiro atoms. The smallest absolute Gasteiger partial charge is 0.255 e. The van der Waals surface area contributed by atoms with Crippen molar-refractivity contribution in [2.24, 2.45) is 0 Å². The van der Waals surface area contributed by atoms with Gasteiger partial charge in [-0.3, -0.25) is 9.59 Å². The number of nitrogens with one attached hydrogen (secondary N) is 2. The quantitative estimate of drug-likeness (QED) is 0.705. The van der Waals surface area contributed by atoms with Crippen LogP contribution in [-0.2, 0) is 9.59 Å². The maximum absolute atomic E-state index is 13.3. The van der Waals surface area contributed by atoms with Crippen LogP contribution in [0.5, 0.6) is 0 Å². The lowest BCUT2D eigenvalue weighted by molar-refractivity contribution is -0.116. The second-order valence-corrected chi connectivity index (χ2v) is 8.35. The van der Waals surface area contributed by atoms with E-state index in [4.69, 9.17) is 0 Å². The van der Waals surface area contributed by atoms with Gasteiger partial charge in [-0.05, 0) is 65.9 Å².